The summed E-state index contributed by atoms with van der Waals surface area (Å²) < 4.78 is 5.29. The Bertz CT molecular complexity index is 487. The molecule has 0 atom stereocenters. The third-order valence-electron chi connectivity index (χ3n) is 2.55. The largest absolute Gasteiger partial charge is 0.482 e. The number of nitrogens with zero attached hydrogens (tertiary/aromatic N) is 1. The van der Waals surface area contributed by atoms with Gasteiger partial charge >= 0.3 is 0 Å². The highest BCUT2D eigenvalue weighted by molar-refractivity contribution is 5.99. The van der Waals surface area contributed by atoms with Crippen molar-refractivity contribution in [1.29, 1.82) is 0 Å². The van der Waals surface area contributed by atoms with Gasteiger partial charge in [0.2, 0.25) is 5.91 Å². The van der Waals surface area contributed by atoms with Crippen LogP contribution < -0.4 is 15.0 Å². The molecule has 0 fully saturated rings. The molecule has 0 saturated carbocycles. The molecule has 0 saturated heterocycles. The summed E-state index contributed by atoms with van der Waals surface area (Å²) in [5.74, 6) is 0.167. The van der Waals surface area contributed by atoms with Crippen molar-refractivity contribution in [3.05, 3.63) is 18.2 Å². The number of rotatable bonds is 3. The van der Waals surface area contributed by atoms with Gasteiger partial charge in [0.05, 0.1) is 12.3 Å². The van der Waals surface area contributed by atoms with Crippen LogP contribution in [-0.4, -0.2) is 36.7 Å². The van der Waals surface area contributed by atoms with Crippen LogP contribution >= 0.6 is 0 Å². The zero-order valence-electron chi connectivity index (χ0n) is 9.97. The van der Waals surface area contributed by atoms with Crippen molar-refractivity contribution in [3.63, 3.8) is 0 Å². The maximum absolute atomic E-state index is 11.7. The Morgan fingerprint density at radius 2 is 2.33 bits per heavy atom. The highest BCUT2D eigenvalue weighted by Gasteiger charge is 2.25. The molecule has 1 heterocycles. The quantitative estimate of drug-likeness (QED) is 0.812. The Labute approximate surface area is 104 Å². The Morgan fingerprint density at radius 1 is 1.56 bits per heavy atom. The summed E-state index contributed by atoms with van der Waals surface area (Å²) in [5.41, 5.74) is 1.15. The number of hydrogen-bond donors (Lipinski definition) is 2. The summed E-state index contributed by atoms with van der Waals surface area (Å²) in [5, 5.41) is 11.6. The predicted octanol–water partition coefficient (Wildman–Crippen LogP) is 0.363. The van der Waals surface area contributed by atoms with E-state index in [0.717, 1.165) is 0 Å². The standard InChI is InChI=1S/C12H14N2O4/c1-8(16)13-9-2-3-11-10(6-9)14(4-5-15)12(17)7-18-11/h2-3,6,15H,4-5,7H2,1H3,(H,13,16). The van der Waals surface area contributed by atoms with Gasteiger partial charge in [-0.25, -0.2) is 0 Å². The second-order valence-corrected chi connectivity index (χ2v) is 3.92. The maximum atomic E-state index is 11.7. The molecule has 0 aromatic heterocycles. The lowest BCUT2D eigenvalue weighted by molar-refractivity contribution is -0.121. The molecule has 0 spiro atoms. The molecule has 1 aromatic rings. The number of ether oxygens (including phenoxy) is 1. The van der Waals surface area contributed by atoms with E-state index in [1.165, 1.54) is 11.8 Å². The van der Waals surface area contributed by atoms with Crippen molar-refractivity contribution < 1.29 is 19.4 Å². The first kappa shape index (κ1) is 12.4. The van der Waals surface area contributed by atoms with Crippen LogP contribution in [-0.2, 0) is 9.59 Å². The van der Waals surface area contributed by atoms with Gasteiger partial charge in [0.25, 0.3) is 5.91 Å². The molecule has 2 N–H and O–H groups in total. The van der Waals surface area contributed by atoms with Crippen LogP contribution in [0.15, 0.2) is 18.2 Å². The van der Waals surface area contributed by atoms with Crippen molar-refractivity contribution in [3.8, 4) is 5.75 Å². The third-order valence-corrected chi connectivity index (χ3v) is 2.55. The van der Waals surface area contributed by atoms with E-state index in [9.17, 15) is 9.59 Å². The third kappa shape index (κ3) is 2.43. The zero-order valence-corrected chi connectivity index (χ0v) is 9.97. The fourth-order valence-corrected chi connectivity index (χ4v) is 1.83. The maximum Gasteiger partial charge on any atom is 0.265 e. The number of carbonyl (C=O) groups is 2. The van der Waals surface area contributed by atoms with Crippen LogP contribution in [0, 0.1) is 0 Å². The molecule has 6 heteroatoms. The molecule has 96 valence electrons. The van der Waals surface area contributed by atoms with Gasteiger partial charge in [0, 0.05) is 19.2 Å². The molecule has 1 aliphatic heterocycles. The Morgan fingerprint density at radius 3 is 3.00 bits per heavy atom. The number of nitrogens with one attached hydrogen (secondary N) is 1. The minimum absolute atomic E-state index is 0.0352. The van der Waals surface area contributed by atoms with Crippen LogP contribution in [0.1, 0.15) is 6.92 Å². The smallest absolute Gasteiger partial charge is 0.265 e. The lowest BCUT2D eigenvalue weighted by atomic mass is 10.2. The highest BCUT2D eigenvalue weighted by Crippen LogP contribution is 2.34. The van der Waals surface area contributed by atoms with E-state index in [4.69, 9.17) is 9.84 Å². The second kappa shape index (κ2) is 5.05. The van der Waals surface area contributed by atoms with E-state index < -0.39 is 0 Å². The highest BCUT2D eigenvalue weighted by atomic mass is 16.5. The van der Waals surface area contributed by atoms with E-state index in [2.05, 4.69) is 5.32 Å². The van der Waals surface area contributed by atoms with Gasteiger partial charge in [0.15, 0.2) is 6.61 Å². The molecule has 1 aromatic carbocycles. The molecule has 0 unspecified atom stereocenters. The number of amides is 2. The number of carbonyl (C=O) groups excluding carboxylic acids is 2. The first-order valence-corrected chi connectivity index (χ1v) is 5.57. The number of anilines is 2. The van der Waals surface area contributed by atoms with Gasteiger partial charge < -0.3 is 20.1 Å². The van der Waals surface area contributed by atoms with Crippen molar-refractivity contribution in [2.24, 2.45) is 0 Å². The number of benzene rings is 1. The summed E-state index contributed by atoms with van der Waals surface area (Å²) >= 11 is 0. The SMILES string of the molecule is CC(=O)Nc1ccc2c(c1)N(CCO)C(=O)CO2. The predicted molar refractivity (Wildman–Crippen MR) is 65.7 cm³/mol. The summed E-state index contributed by atoms with van der Waals surface area (Å²) in [6.07, 6.45) is 0. The molecule has 0 bridgehead atoms. The van der Waals surface area contributed by atoms with Gasteiger partial charge in [-0.05, 0) is 18.2 Å². The minimum Gasteiger partial charge on any atom is -0.482 e. The molecule has 18 heavy (non-hydrogen) atoms. The molecular formula is C12H14N2O4. The number of aliphatic hydroxyl groups excluding tert-OH is 1. The Kier molecular flexibility index (Phi) is 3.47. The Hall–Kier alpha value is -2.08. The van der Waals surface area contributed by atoms with Gasteiger partial charge in [-0.15, -0.1) is 0 Å². The van der Waals surface area contributed by atoms with Gasteiger partial charge in [-0.3, -0.25) is 9.59 Å². The molecular weight excluding hydrogens is 236 g/mol. The van der Waals surface area contributed by atoms with Gasteiger partial charge in [0.1, 0.15) is 5.75 Å². The first-order valence-electron chi connectivity index (χ1n) is 5.57. The monoisotopic (exact) mass is 250 g/mol. The topological polar surface area (TPSA) is 78.9 Å². The Balaban J connectivity index is 2.35. The molecule has 2 amide bonds. The van der Waals surface area contributed by atoms with E-state index in [0.29, 0.717) is 17.1 Å². The van der Waals surface area contributed by atoms with Crippen molar-refractivity contribution in [1.82, 2.24) is 0 Å². The lowest BCUT2D eigenvalue weighted by Crippen LogP contribution is -2.40. The first-order chi connectivity index (χ1) is 8.61. The van der Waals surface area contributed by atoms with Crippen molar-refractivity contribution in [2.45, 2.75) is 6.92 Å². The van der Waals surface area contributed by atoms with Crippen LogP contribution in [0.5, 0.6) is 5.75 Å². The van der Waals surface area contributed by atoms with E-state index in [1.807, 2.05) is 0 Å². The fraction of sp³-hybridized carbons (Fsp3) is 0.333. The van der Waals surface area contributed by atoms with Gasteiger partial charge in [-0.2, -0.15) is 0 Å². The van der Waals surface area contributed by atoms with Crippen LogP contribution in [0.4, 0.5) is 11.4 Å². The summed E-state index contributed by atoms with van der Waals surface area (Å²) in [6, 6.07) is 5.05. The number of β-amino-alcohol motifs (C(OH)–C–C–N with tert-alkyl or cyclic N) is 1. The second-order valence-electron chi connectivity index (χ2n) is 3.92. The van der Waals surface area contributed by atoms with Crippen LogP contribution in [0.3, 0.4) is 0 Å². The summed E-state index contributed by atoms with van der Waals surface area (Å²) in [7, 11) is 0. The molecule has 6 nitrogen and oxygen atoms in total. The van der Waals surface area contributed by atoms with E-state index in [1.54, 1.807) is 18.2 Å². The summed E-state index contributed by atoms with van der Waals surface area (Å²) in [6.45, 7) is 1.45. The normalized spacial score (nSPS) is 13.9. The van der Waals surface area contributed by atoms with Crippen LogP contribution in [0.25, 0.3) is 0 Å². The van der Waals surface area contributed by atoms with Crippen molar-refractivity contribution >= 4 is 23.2 Å². The summed E-state index contributed by atoms with van der Waals surface area (Å²) in [4.78, 5) is 24.1. The average molecular weight is 250 g/mol. The number of hydrogen-bond acceptors (Lipinski definition) is 4. The number of aliphatic hydroxyl groups is 1. The lowest BCUT2D eigenvalue weighted by Gasteiger charge is -2.29. The molecule has 2 rings (SSSR count). The average Bonchev–Trinajstić information content (AvgIpc) is 2.32. The molecule has 0 aliphatic carbocycles. The minimum atomic E-state index is -0.212. The molecule has 0 radical (unpaired) electrons. The van der Waals surface area contributed by atoms with E-state index >= 15 is 0 Å². The van der Waals surface area contributed by atoms with E-state index in [-0.39, 0.29) is 31.6 Å². The fourth-order valence-electron chi connectivity index (χ4n) is 1.83. The van der Waals surface area contributed by atoms with Crippen LogP contribution in [0.2, 0.25) is 0 Å². The zero-order chi connectivity index (χ0) is 13.1. The van der Waals surface area contributed by atoms with Crippen molar-refractivity contribution in [2.75, 3.05) is 30.0 Å². The number of fused-ring (bicyclic) bond motifs is 1. The van der Waals surface area contributed by atoms with Gasteiger partial charge in [-0.1, -0.05) is 0 Å². The molecule has 1 aliphatic rings.